The second-order valence-corrected chi connectivity index (χ2v) is 8.32. The molecule has 0 heterocycles. The van der Waals surface area contributed by atoms with Gasteiger partial charge in [0.1, 0.15) is 17.6 Å². The lowest BCUT2D eigenvalue weighted by molar-refractivity contribution is -0.142. The Morgan fingerprint density at radius 2 is 1.65 bits per heavy atom. The highest BCUT2D eigenvalue weighted by Gasteiger charge is 2.30. The summed E-state index contributed by atoms with van der Waals surface area (Å²) in [7, 11) is 0. The van der Waals surface area contributed by atoms with Crippen molar-refractivity contribution in [2.45, 2.75) is 32.4 Å². The Morgan fingerprint density at radius 3 is 2.29 bits per heavy atom. The third-order valence-electron chi connectivity index (χ3n) is 5.26. The van der Waals surface area contributed by atoms with Gasteiger partial charge in [0.05, 0.1) is 0 Å². The second-order valence-electron chi connectivity index (χ2n) is 7.89. The van der Waals surface area contributed by atoms with Crippen molar-refractivity contribution < 1.29 is 18.7 Å². The Hall–Kier alpha value is -3.38. The minimum absolute atomic E-state index is 0.139. The molecule has 34 heavy (non-hydrogen) atoms. The summed E-state index contributed by atoms with van der Waals surface area (Å²) in [5.41, 5.74) is 1.64. The molecule has 0 spiro atoms. The van der Waals surface area contributed by atoms with E-state index in [4.69, 9.17) is 16.3 Å². The van der Waals surface area contributed by atoms with E-state index in [9.17, 15) is 14.0 Å². The number of carbonyl (C=O) groups is 2. The summed E-state index contributed by atoms with van der Waals surface area (Å²) in [6, 6.07) is 21.4. The quantitative estimate of drug-likeness (QED) is 0.417. The van der Waals surface area contributed by atoms with Gasteiger partial charge in [-0.15, -0.1) is 0 Å². The van der Waals surface area contributed by atoms with Gasteiger partial charge in [-0.1, -0.05) is 61.0 Å². The van der Waals surface area contributed by atoms with Crippen molar-refractivity contribution in [3.05, 3.63) is 101 Å². The van der Waals surface area contributed by atoms with Crippen LogP contribution < -0.4 is 10.1 Å². The first-order valence-corrected chi connectivity index (χ1v) is 11.6. The maximum absolute atomic E-state index is 13.5. The maximum Gasteiger partial charge on any atom is 0.261 e. The second kappa shape index (κ2) is 12.8. The van der Waals surface area contributed by atoms with E-state index < -0.39 is 6.04 Å². The molecule has 1 atom stereocenters. The van der Waals surface area contributed by atoms with Crippen LogP contribution in [0, 0.1) is 5.82 Å². The highest BCUT2D eigenvalue weighted by molar-refractivity contribution is 6.30. The van der Waals surface area contributed by atoms with E-state index in [1.54, 1.807) is 36.4 Å². The zero-order valence-electron chi connectivity index (χ0n) is 19.0. The SMILES string of the molecule is CCCNC(=O)[C@@H](Cc1ccccc1)N(Cc1ccc(F)cc1)C(=O)COc1ccc(Cl)cc1. The lowest BCUT2D eigenvalue weighted by Gasteiger charge is -2.31. The van der Waals surface area contributed by atoms with Crippen molar-refractivity contribution in [2.24, 2.45) is 0 Å². The minimum atomic E-state index is -0.764. The molecule has 0 aliphatic heterocycles. The van der Waals surface area contributed by atoms with E-state index in [0.29, 0.717) is 29.3 Å². The van der Waals surface area contributed by atoms with Gasteiger partial charge in [-0.25, -0.2) is 4.39 Å². The van der Waals surface area contributed by atoms with Gasteiger partial charge in [-0.2, -0.15) is 0 Å². The van der Waals surface area contributed by atoms with Crippen LogP contribution in [-0.2, 0) is 22.6 Å². The molecule has 0 saturated carbocycles. The van der Waals surface area contributed by atoms with Crippen LogP contribution in [0.15, 0.2) is 78.9 Å². The molecule has 0 aromatic heterocycles. The molecule has 3 aromatic carbocycles. The van der Waals surface area contributed by atoms with E-state index in [-0.39, 0.29) is 30.8 Å². The number of ether oxygens (including phenoxy) is 1. The Morgan fingerprint density at radius 1 is 0.971 bits per heavy atom. The largest absolute Gasteiger partial charge is 0.484 e. The van der Waals surface area contributed by atoms with Gasteiger partial charge >= 0.3 is 0 Å². The Bertz CT molecular complexity index is 1060. The highest BCUT2D eigenvalue weighted by Crippen LogP contribution is 2.18. The fourth-order valence-electron chi connectivity index (χ4n) is 3.47. The molecule has 0 bridgehead atoms. The standard InChI is InChI=1S/C27H28ClFN2O3/c1-2-16-30-27(33)25(17-20-6-4-3-5-7-20)31(18-21-8-12-23(29)13-9-21)26(32)19-34-24-14-10-22(28)11-15-24/h3-15,25H,2,16-19H2,1H3,(H,30,33)/t25-/m1/s1. The molecule has 0 fully saturated rings. The zero-order valence-corrected chi connectivity index (χ0v) is 19.8. The summed E-state index contributed by atoms with van der Waals surface area (Å²) in [4.78, 5) is 28.1. The van der Waals surface area contributed by atoms with Gasteiger partial charge in [0.2, 0.25) is 5.91 Å². The number of nitrogens with zero attached hydrogens (tertiary/aromatic N) is 1. The van der Waals surface area contributed by atoms with E-state index >= 15 is 0 Å². The van der Waals surface area contributed by atoms with Crippen LogP contribution in [-0.4, -0.2) is 35.9 Å². The first kappa shape index (κ1) is 25.2. The maximum atomic E-state index is 13.5. The number of hydrogen-bond donors (Lipinski definition) is 1. The normalized spacial score (nSPS) is 11.5. The number of carbonyl (C=O) groups excluding carboxylic acids is 2. The number of hydrogen-bond acceptors (Lipinski definition) is 3. The molecular weight excluding hydrogens is 455 g/mol. The molecule has 0 radical (unpaired) electrons. The minimum Gasteiger partial charge on any atom is -0.484 e. The molecule has 1 N–H and O–H groups in total. The van der Waals surface area contributed by atoms with Crippen molar-refractivity contribution in [1.82, 2.24) is 10.2 Å². The number of rotatable bonds is 11. The van der Waals surface area contributed by atoms with E-state index in [1.165, 1.54) is 17.0 Å². The average Bonchev–Trinajstić information content (AvgIpc) is 2.86. The van der Waals surface area contributed by atoms with Crippen LogP contribution >= 0.6 is 11.6 Å². The van der Waals surface area contributed by atoms with Crippen LogP contribution in [0.1, 0.15) is 24.5 Å². The lowest BCUT2D eigenvalue weighted by Crippen LogP contribution is -2.51. The van der Waals surface area contributed by atoms with Gasteiger partial charge < -0.3 is 15.0 Å². The van der Waals surface area contributed by atoms with Crippen molar-refractivity contribution >= 4 is 23.4 Å². The smallest absolute Gasteiger partial charge is 0.261 e. The van der Waals surface area contributed by atoms with Crippen LogP contribution in [0.5, 0.6) is 5.75 Å². The van der Waals surface area contributed by atoms with Crippen molar-refractivity contribution in [1.29, 1.82) is 0 Å². The number of halogens is 2. The third kappa shape index (κ3) is 7.59. The summed E-state index contributed by atoms with van der Waals surface area (Å²) in [6.45, 7) is 2.35. The lowest BCUT2D eigenvalue weighted by atomic mass is 10.0. The van der Waals surface area contributed by atoms with E-state index in [1.807, 2.05) is 37.3 Å². The molecule has 0 unspecified atom stereocenters. The summed E-state index contributed by atoms with van der Waals surface area (Å²) in [6.07, 6.45) is 1.11. The van der Waals surface area contributed by atoms with Crippen LogP contribution in [0.25, 0.3) is 0 Å². The number of nitrogens with one attached hydrogen (secondary N) is 1. The monoisotopic (exact) mass is 482 g/mol. The molecule has 3 rings (SSSR count). The first-order chi connectivity index (χ1) is 16.5. The molecule has 0 saturated heterocycles. The predicted octanol–water partition coefficient (Wildman–Crippen LogP) is 5.02. The molecule has 3 aromatic rings. The average molecular weight is 483 g/mol. The van der Waals surface area contributed by atoms with Crippen molar-refractivity contribution in [3.8, 4) is 5.75 Å². The molecule has 0 aliphatic carbocycles. The molecule has 178 valence electrons. The fraction of sp³-hybridized carbons (Fsp3) is 0.259. The Balaban J connectivity index is 1.87. The van der Waals surface area contributed by atoms with Crippen molar-refractivity contribution in [2.75, 3.05) is 13.2 Å². The number of benzene rings is 3. The van der Waals surface area contributed by atoms with Gasteiger partial charge in [-0.3, -0.25) is 9.59 Å². The van der Waals surface area contributed by atoms with E-state index in [2.05, 4.69) is 5.32 Å². The predicted molar refractivity (Wildman–Crippen MR) is 131 cm³/mol. The van der Waals surface area contributed by atoms with Gasteiger partial charge in [0.25, 0.3) is 5.91 Å². The first-order valence-electron chi connectivity index (χ1n) is 11.2. The van der Waals surface area contributed by atoms with Crippen LogP contribution in [0.3, 0.4) is 0 Å². The van der Waals surface area contributed by atoms with Gasteiger partial charge in [-0.05, 0) is 53.9 Å². The summed E-state index contributed by atoms with van der Waals surface area (Å²) < 4.78 is 19.1. The summed E-state index contributed by atoms with van der Waals surface area (Å²) in [5.74, 6) is -0.469. The fourth-order valence-corrected chi connectivity index (χ4v) is 3.59. The summed E-state index contributed by atoms with van der Waals surface area (Å²) in [5, 5.41) is 3.48. The van der Waals surface area contributed by atoms with Crippen LogP contribution in [0.4, 0.5) is 4.39 Å². The molecule has 0 aliphatic rings. The highest BCUT2D eigenvalue weighted by atomic mass is 35.5. The molecule has 7 heteroatoms. The van der Waals surface area contributed by atoms with E-state index in [0.717, 1.165) is 12.0 Å². The zero-order chi connectivity index (χ0) is 24.3. The number of amides is 2. The topological polar surface area (TPSA) is 58.6 Å². The Labute approximate surface area is 204 Å². The summed E-state index contributed by atoms with van der Waals surface area (Å²) >= 11 is 5.92. The molecular formula is C27H28ClFN2O3. The molecule has 2 amide bonds. The van der Waals surface area contributed by atoms with Crippen molar-refractivity contribution in [3.63, 3.8) is 0 Å². The van der Waals surface area contributed by atoms with Crippen LogP contribution in [0.2, 0.25) is 5.02 Å². The third-order valence-corrected chi connectivity index (χ3v) is 5.51. The van der Waals surface area contributed by atoms with Gasteiger partial charge in [0, 0.05) is 24.5 Å². The Kier molecular flexibility index (Phi) is 9.47. The van der Waals surface area contributed by atoms with Gasteiger partial charge in [0.15, 0.2) is 6.61 Å². The molecule has 5 nitrogen and oxygen atoms in total.